The second-order valence-corrected chi connectivity index (χ2v) is 7.47. The van der Waals surface area contributed by atoms with Crippen LogP contribution in [-0.4, -0.2) is 42.0 Å². The van der Waals surface area contributed by atoms with E-state index in [1.807, 2.05) is 12.1 Å². The predicted molar refractivity (Wildman–Crippen MR) is 105 cm³/mol. The lowest BCUT2D eigenvalue weighted by Gasteiger charge is -2.22. The van der Waals surface area contributed by atoms with Gasteiger partial charge in [0, 0.05) is 17.2 Å². The third kappa shape index (κ3) is 3.53. The monoisotopic (exact) mass is 415 g/mol. The molecule has 0 saturated carbocycles. The van der Waals surface area contributed by atoms with Gasteiger partial charge in [-0.15, -0.1) is 5.10 Å². The van der Waals surface area contributed by atoms with E-state index in [9.17, 15) is 9.18 Å². The second-order valence-electron chi connectivity index (χ2n) is 6.30. The predicted octanol–water partition coefficient (Wildman–Crippen LogP) is 3.99. The van der Waals surface area contributed by atoms with Crippen LogP contribution in [0.3, 0.4) is 0 Å². The van der Waals surface area contributed by atoms with Gasteiger partial charge in [-0.2, -0.15) is 4.68 Å². The topological polar surface area (TPSA) is 75.5 Å². The number of methoxy groups -OCH3 is 3. The first kappa shape index (κ1) is 19.3. The summed E-state index contributed by atoms with van der Waals surface area (Å²) < 4.78 is 30.7. The zero-order chi connectivity index (χ0) is 20.5. The van der Waals surface area contributed by atoms with Crippen LogP contribution in [0.2, 0.25) is 0 Å². The minimum Gasteiger partial charge on any atom is -0.493 e. The van der Waals surface area contributed by atoms with Gasteiger partial charge in [-0.1, -0.05) is 11.8 Å². The summed E-state index contributed by atoms with van der Waals surface area (Å²) >= 11 is 1.43. The molecule has 0 aliphatic carbocycles. The Labute approximate surface area is 170 Å². The maximum atomic E-state index is 13.2. The zero-order valence-electron chi connectivity index (χ0n) is 16.0. The van der Waals surface area contributed by atoms with E-state index in [1.54, 1.807) is 33.5 Å². The highest BCUT2D eigenvalue weighted by Crippen LogP contribution is 2.46. The number of benzene rings is 2. The van der Waals surface area contributed by atoms with Crippen LogP contribution in [0.1, 0.15) is 22.0 Å². The number of hydrogen-bond acceptors (Lipinski definition) is 7. The van der Waals surface area contributed by atoms with E-state index in [-0.39, 0.29) is 23.4 Å². The molecular weight excluding hydrogens is 397 g/mol. The van der Waals surface area contributed by atoms with Gasteiger partial charge in [0.05, 0.1) is 21.3 Å². The van der Waals surface area contributed by atoms with Gasteiger partial charge in [0.2, 0.25) is 5.75 Å². The van der Waals surface area contributed by atoms with Crippen molar-refractivity contribution in [3.63, 3.8) is 0 Å². The molecule has 0 N–H and O–H groups in total. The van der Waals surface area contributed by atoms with E-state index in [0.717, 1.165) is 5.56 Å². The molecule has 0 bridgehead atoms. The van der Waals surface area contributed by atoms with E-state index < -0.39 is 0 Å². The molecule has 0 amide bonds. The first-order chi connectivity index (χ1) is 14.0. The molecule has 150 valence electrons. The Hall–Kier alpha value is -3.07. The summed E-state index contributed by atoms with van der Waals surface area (Å²) in [6.07, 6.45) is 0.239. The fraction of sp³-hybridized carbons (Fsp3) is 0.250. The normalized spacial score (nSPS) is 15.7. The summed E-state index contributed by atoms with van der Waals surface area (Å²) in [5, 5.41) is 4.60. The molecule has 1 unspecified atom stereocenters. The number of nitrogens with zero attached hydrogens (tertiary/aromatic N) is 3. The van der Waals surface area contributed by atoms with E-state index in [1.165, 1.54) is 28.6 Å². The molecule has 2 heterocycles. The molecule has 29 heavy (non-hydrogen) atoms. The molecule has 0 radical (unpaired) electrons. The Bertz CT molecular complexity index is 1040. The Morgan fingerprint density at radius 3 is 2.31 bits per heavy atom. The van der Waals surface area contributed by atoms with Crippen molar-refractivity contribution in [1.82, 2.24) is 14.8 Å². The highest BCUT2D eigenvalue weighted by Gasteiger charge is 2.31. The number of fused-ring (bicyclic) bond motifs is 1. The molecule has 1 aromatic heterocycles. The van der Waals surface area contributed by atoms with Crippen LogP contribution in [-0.2, 0) is 0 Å². The molecule has 0 spiro atoms. The smallest absolute Gasteiger partial charge is 0.250 e. The number of rotatable bonds is 5. The molecular formula is C20H18FN3O4S. The molecule has 0 saturated heterocycles. The molecule has 3 aromatic rings. The number of aromatic nitrogens is 3. The van der Waals surface area contributed by atoms with Gasteiger partial charge >= 0.3 is 0 Å². The summed E-state index contributed by atoms with van der Waals surface area (Å²) in [6.45, 7) is 0. The van der Waals surface area contributed by atoms with Crippen molar-refractivity contribution >= 4 is 17.7 Å². The average Bonchev–Trinajstić information content (AvgIpc) is 3.18. The highest BCUT2D eigenvalue weighted by atomic mass is 32.2. The minimum atomic E-state index is -0.342. The fourth-order valence-corrected chi connectivity index (χ4v) is 4.28. The van der Waals surface area contributed by atoms with Crippen LogP contribution in [0.25, 0.3) is 11.4 Å². The SMILES string of the molecule is COc1cc(C2CC(=O)n3nc(-c4ccc(F)cc4)nc3S2)cc(OC)c1OC. The summed E-state index contributed by atoms with van der Waals surface area (Å²) in [5.74, 6) is 1.41. The Balaban J connectivity index is 1.69. The minimum absolute atomic E-state index is 0.168. The van der Waals surface area contributed by atoms with Gasteiger partial charge in [-0.05, 0) is 42.0 Å². The summed E-state index contributed by atoms with van der Waals surface area (Å²) in [5.41, 5.74) is 1.50. The first-order valence-corrected chi connectivity index (χ1v) is 9.64. The van der Waals surface area contributed by atoms with Gasteiger partial charge in [0.25, 0.3) is 5.91 Å². The maximum Gasteiger partial charge on any atom is 0.250 e. The van der Waals surface area contributed by atoms with Crippen molar-refractivity contribution in [2.45, 2.75) is 16.8 Å². The molecule has 1 aliphatic heterocycles. The molecule has 2 aromatic carbocycles. The molecule has 7 nitrogen and oxygen atoms in total. The molecule has 4 rings (SSSR count). The van der Waals surface area contributed by atoms with Crippen molar-refractivity contribution < 1.29 is 23.4 Å². The van der Waals surface area contributed by atoms with Crippen LogP contribution in [0, 0.1) is 5.82 Å². The van der Waals surface area contributed by atoms with E-state index in [2.05, 4.69) is 10.1 Å². The van der Waals surface area contributed by atoms with Crippen LogP contribution < -0.4 is 14.2 Å². The lowest BCUT2D eigenvalue weighted by atomic mass is 10.1. The third-order valence-electron chi connectivity index (χ3n) is 4.58. The van der Waals surface area contributed by atoms with Crippen molar-refractivity contribution in [3.8, 4) is 28.6 Å². The zero-order valence-corrected chi connectivity index (χ0v) is 16.8. The number of halogens is 1. The first-order valence-electron chi connectivity index (χ1n) is 8.76. The fourth-order valence-electron chi connectivity index (χ4n) is 3.14. The molecule has 0 fully saturated rings. The van der Waals surface area contributed by atoms with Crippen molar-refractivity contribution in [2.75, 3.05) is 21.3 Å². The van der Waals surface area contributed by atoms with Crippen LogP contribution in [0.5, 0.6) is 17.2 Å². The summed E-state index contributed by atoms with van der Waals surface area (Å²) in [6, 6.07) is 9.51. The number of carbonyl (C=O) groups excluding carboxylic acids is 1. The number of carbonyl (C=O) groups is 1. The number of ether oxygens (including phenoxy) is 3. The molecule has 9 heteroatoms. The van der Waals surface area contributed by atoms with Crippen LogP contribution in [0.4, 0.5) is 4.39 Å². The van der Waals surface area contributed by atoms with Gasteiger partial charge in [-0.25, -0.2) is 9.37 Å². The lowest BCUT2D eigenvalue weighted by Crippen LogP contribution is -2.21. The molecule has 1 atom stereocenters. The molecule has 1 aliphatic rings. The van der Waals surface area contributed by atoms with Crippen LogP contribution in [0.15, 0.2) is 41.6 Å². The number of hydrogen-bond donors (Lipinski definition) is 0. The van der Waals surface area contributed by atoms with Gasteiger partial charge in [0.1, 0.15) is 5.82 Å². The second kappa shape index (κ2) is 7.75. The third-order valence-corrected chi connectivity index (χ3v) is 5.78. The Kier molecular flexibility index (Phi) is 5.14. The van der Waals surface area contributed by atoms with Crippen molar-refractivity contribution in [1.29, 1.82) is 0 Å². The number of thioether (sulfide) groups is 1. The lowest BCUT2D eigenvalue weighted by molar-refractivity contribution is 0.0868. The highest BCUT2D eigenvalue weighted by molar-refractivity contribution is 7.99. The van der Waals surface area contributed by atoms with E-state index in [0.29, 0.717) is 33.8 Å². The Morgan fingerprint density at radius 1 is 1.07 bits per heavy atom. The quantitative estimate of drug-likeness (QED) is 0.624. The van der Waals surface area contributed by atoms with Crippen molar-refractivity contribution in [3.05, 3.63) is 47.8 Å². The van der Waals surface area contributed by atoms with Gasteiger partial charge < -0.3 is 14.2 Å². The standard InChI is InChI=1S/C20H18FN3O4S/c1-26-14-8-12(9-15(27-2)18(14)28-3)16-10-17(25)24-20(29-16)22-19(23-24)11-4-6-13(21)7-5-11/h4-9,16H,10H2,1-3H3. The maximum absolute atomic E-state index is 13.2. The van der Waals surface area contributed by atoms with Crippen LogP contribution >= 0.6 is 11.8 Å². The Morgan fingerprint density at radius 2 is 1.72 bits per heavy atom. The van der Waals surface area contributed by atoms with E-state index >= 15 is 0 Å². The van der Waals surface area contributed by atoms with E-state index in [4.69, 9.17) is 14.2 Å². The van der Waals surface area contributed by atoms with Crippen molar-refractivity contribution in [2.24, 2.45) is 0 Å². The largest absolute Gasteiger partial charge is 0.493 e. The summed E-state index contributed by atoms with van der Waals surface area (Å²) in [4.78, 5) is 17.2. The van der Waals surface area contributed by atoms with Gasteiger partial charge in [0.15, 0.2) is 22.5 Å². The van der Waals surface area contributed by atoms with Gasteiger partial charge in [-0.3, -0.25) is 4.79 Å². The average molecular weight is 415 g/mol. The summed E-state index contributed by atoms with van der Waals surface area (Å²) in [7, 11) is 4.63.